The average Bonchev–Trinajstić information content (AvgIpc) is 3.13. The van der Waals surface area contributed by atoms with Crippen LogP contribution >= 0.6 is 0 Å². The Kier molecular flexibility index (Phi) is 4.27. The van der Waals surface area contributed by atoms with Crippen LogP contribution in [-0.2, 0) is 11.3 Å². The zero-order valence-electron chi connectivity index (χ0n) is 12.7. The van der Waals surface area contributed by atoms with Gasteiger partial charge in [0.2, 0.25) is 0 Å². The summed E-state index contributed by atoms with van der Waals surface area (Å²) in [4.78, 5) is 2.34. The summed E-state index contributed by atoms with van der Waals surface area (Å²) in [6.07, 6.45) is 5.52. The van der Waals surface area contributed by atoms with Crippen molar-refractivity contribution in [3.8, 4) is 0 Å². The first kappa shape index (κ1) is 13.9. The van der Waals surface area contributed by atoms with E-state index in [0.29, 0.717) is 6.10 Å². The summed E-state index contributed by atoms with van der Waals surface area (Å²) in [6.45, 7) is 5.15. The Morgan fingerprint density at radius 3 is 2.80 bits per heavy atom. The Morgan fingerprint density at radius 2 is 2.15 bits per heavy atom. The maximum atomic E-state index is 5.73. The van der Waals surface area contributed by atoms with Crippen LogP contribution in [0.25, 0.3) is 0 Å². The molecular weight excluding hydrogens is 248 g/mol. The molecule has 0 aromatic heterocycles. The van der Waals surface area contributed by atoms with E-state index < -0.39 is 0 Å². The molecule has 110 valence electrons. The predicted molar refractivity (Wildman–Crippen MR) is 83.3 cm³/mol. The van der Waals surface area contributed by atoms with Gasteiger partial charge in [0.25, 0.3) is 0 Å². The standard InChI is InChI=1S/C17H26N2O/c1-13-10-14(11-18-15-6-7-15)5-8-17(13)19(2)12-16-4-3-9-20-16/h5,8,10,15-16,18H,3-4,6-7,9,11-12H2,1-2H3. The highest BCUT2D eigenvalue weighted by molar-refractivity contribution is 5.54. The first-order valence-corrected chi connectivity index (χ1v) is 7.88. The van der Waals surface area contributed by atoms with Gasteiger partial charge in [-0.2, -0.15) is 0 Å². The summed E-state index contributed by atoms with van der Waals surface area (Å²) in [5.74, 6) is 0. The number of aryl methyl sites for hydroxylation is 1. The normalized spacial score (nSPS) is 22.2. The molecule has 1 aliphatic carbocycles. The van der Waals surface area contributed by atoms with Gasteiger partial charge in [0.05, 0.1) is 6.10 Å². The zero-order valence-corrected chi connectivity index (χ0v) is 12.7. The quantitative estimate of drug-likeness (QED) is 0.863. The Hall–Kier alpha value is -1.06. The topological polar surface area (TPSA) is 24.5 Å². The molecule has 1 atom stereocenters. The fourth-order valence-electron chi connectivity index (χ4n) is 3.00. The highest BCUT2D eigenvalue weighted by Gasteiger charge is 2.20. The summed E-state index contributed by atoms with van der Waals surface area (Å²) < 4.78 is 5.73. The van der Waals surface area contributed by atoms with Gasteiger partial charge in [0, 0.05) is 38.5 Å². The Labute approximate surface area is 122 Å². The minimum Gasteiger partial charge on any atom is -0.376 e. The molecule has 20 heavy (non-hydrogen) atoms. The van der Waals surface area contributed by atoms with Gasteiger partial charge in [-0.05, 0) is 49.8 Å². The van der Waals surface area contributed by atoms with Gasteiger partial charge in [-0.3, -0.25) is 0 Å². The fourth-order valence-corrected chi connectivity index (χ4v) is 3.00. The van der Waals surface area contributed by atoms with Gasteiger partial charge in [-0.25, -0.2) is 0 Å². The number of hydrogen-bond acceptors (Lipinski definition) is 3. The molecule has 1 saturated carbocycles. The second-order valence-corrected chi connectivity index (χ2v) is 6.29. The SMILES string of the molecule is Cc1cc(CNC2CC2)ccc1N(C)CC1CCCO1. The fraction of sp³-hybridized carbons (Fsp3) is 0.647. The number of nitrogens with one attached hydrogen (secondary N) is 1. The zero-order chi connectivity index (χ0) is 13.9. The molecule has 1 aliphatic heterocycles. The number of ether oxygens (including phenoxy) is 1. The van der Waals surface area contributed by atoms with E-state index in [0.717, 1.165) is 25.7 Å². The first-order valence-electron chi connectivity index (χ1n) is 7.88. The first-order chi connectivity index (χ1) is 9.72. The van der Waals surface area contributed by atoms with Crippen LogP contribution in [0.5, 0.6) is 0 Å². The van der Waals surface area contributed by atoms with Gasteiger partial charge in [-0.15, -0.1) is 0 Å². The molecule has 1 unspecified atom stereocenters. The molecule has 1 heterocycles. The van der Waals surface area contributed by atoms with Gasteiger partial charge < -0.3 is 15.0 Å². The lowest BCUT2D eigenvalue weighted by atomic mass is 10.1. The number of likely N-dealkylation sites (N-methyl/N-ethyl adjacent to an activating group) is 1. The summed E-state index contributed by atoms with van der Waals surface area (Å²) in [6, 6.07) is 7.60. The van der Waals surface area contributed by atoms with Crippen LogP contribution in [0, 0.1) is 6.92 Å². The van der Waals surface area contributed by atoms with E-state index >= 15 is 0 Å². The second kappa shape index (κ2) is 6.15. The van der Waals surface area contributed by atoms with Gasteiger partial charge in [0.1, 0.15) is 0 Å². The van der Waals surface area contributed by atoms with Crippen molar-refractivity contribution in [2.24, 2.45) is 0 Å². The van der Waals surface area contributed by atoms with E-state index in [1.165, 1.54) is 42.5 Å². The predicted octanol–water partition coefficient (Wildman–Crippen LogP) is 2.86. The number of anilines is 1. The molecule has 3 nitrogen and oxygen atoms in total. The molecule has 1 aromatic rings. The molecule has 3 heteroatoms. The molecular formula is C17H26N2O. The number of hydrogen-bond donors (Lipinski definition) is 1. The van der Waals surface area contributed by atoms with Crippen molar-refractivity contribution in [1.29, 1.82) is 0 Å². The van der Waals surface area contributed by atoms with Crippen LogP contribution in [-0.4, -0.2) is 32.3 Å². The molecule has 3 rings (SSSR count). The average molecular weight is 274 g/mol. The molecule has 0 amide bonds. The summed E-state index contributed by atoms with van der Waals surface area (Å²) in [7, 11) is 2.17. The van der Waals surface area contributed by atoms with E-state index in [1.54, 1.807) is 0 Å². The monoisotopic (exact) mass is 274 g/mol. The maximum Gasteiger partial charge on any atom is 0.0750 e. The Bertz CT molecular complexity index is 450. The molecule has 0 bridgehead atoms. The van der Waals surface area contributed by atoms with Crippen molar-refractivity contribution in [2.45, 2.75) is 51.3 Å². The number of rotatable bonds is 6. The lowest BCUT2D eigenvalue weighted by Crippen LogP contribution is -2.29. The van der Waals surface area contributed by atoms with Crippen LogP contribution in [0.4, 0.5) is 5.69 Å². The van der Waals surface area contributed by atoms with Crippen LogP contribution < -0.4 is 10.2 Å². The molecule has 1 aromatic carbocycles. The van der Waals surface area contributed by atoms with Crippen molar-refractivity contribution < 1.29 is 4.74 Å². The third-order valence-electron chi connectivity index (χ3n) is 4.35. The van der Waals surface area contributed by atoms with Crippen molar-refractivity contribution in [2.75, 3.05) is 25.1 Å². The molecule has 2 aliphatic rings. The van der Waals surface area contributed by atoms with Gasteiger partial charge in [-0.1, -0.05) is 12.1 Å². The summed E-state index contributed by atoms with van der Waals surface area (Å²) in [5, 5.41) is 3.57. The van der Waals surface area contributed by atoms with Gasteiger partial charge in [0.15, 0.2) is 0 Å². The van der Waals surface area contributed by atoms with Crippen molar-refractivity contribution in [3.05, 3.63) is 29.3 Å². The third kappa shape index (κ3) is 3.53. The molecule has 1 saturated heterocycles. The highest BCUT2D eigenvalue weighted by Crippen LogP contribution is 2.24. The molecule has 2 fully saturated rings. The van der Waals surface area contributed by atoms with Crippen molar-refractivity contribution in [1.82, 2.24) is 5.32 Å². The second-order valence-electron chi connectivity index (χ2n) is 6.29. The lowest BCUT2D eigenvalue weighted by molar-refractivity contribution is 0.116. The van der Waals surface area contributed by atoms with Crippen LogP contribution in [0.3, 0.4) is 0 Å². The van der Waals surface area contributed by atoms with Crippen molar-refractivity contribution in [3.63, 3.8) is 0 Å². The van der Waals surface area contributed by atoms with E-state index in [-0.39, 0.29) is 0 Å². The van der Waals surface area contributed by atoms with Crippen LogP contribution in [0.2, 0.25) is 0 Å². The Balaban J connectivity index is 1.59. The molecule has 1 N–H and O–H groups in total. The summed E-state index contributed by atoms with van der Waals surface area (Å²) in [5.41, 5.74) is 4.08. The van der Waals surface area contributed by atoms with E-state index in [1.807, 2.05) is 0 Å². The summed E-state index contributed by atoms with van der Waals surface area (Å²) >= 11 is 0. The van der Waals surface area contributed by atoms with Crippen LogP contribution in [0.15, 0.2) is 18.2 Å². The Morgan fingerprint density at radius 1 is 1.30 bits per heavy atom. The lowest BCUT2D eigenvalue weighted by Gasteiger charge is -2.25. The third-order valence-corrected chi connectivity index (χ3v) is 4.35. The maximum absolute atomic E-state index is 5.73. The number of nitrogens with zero attached hydrogens (tertiary/aromatic N) is 1. The molecule has 0 spiro atoms. The highest BCUT2D eigenvalue weighted by atomic mass is 16.5. The van der Waals surface area contributed by atoms with E-state index in [2.05, 4.69) is 42.4 Å². The minimum absolute atomic E-state index is 0.413. The minimum atomic E-state index is 0.413. The van der Waals surface area contributed by atoms with Crippen molar-refractivity contribution >= 4 is 5.69 Å². The van der Waals surface area contributed by atoms with E-state index in [9.17, 15) is 0 Å². The largest absolute Gasteiger partial charge is 0.376 e. The van der Waals surface area contributed by atoms with Crippen LogP contribution in [0.1, 0.15) is 36.8 Å². The smallest absolute Gasteiger partial charge is 0.0750 e. The van der Waals surface area contributed by atoms with E-state index in [4.69, 9.17) is 4.74 Å². The molecule has 0 radical (unpaired) electrons. The van der Waals surface area contributed by atoms with Gasteiger partial charge >= 0.3 is 0 Å². The number of benzene rings is 1.